The van der Waals surface area contributed by atoms with E-state index in [1.807, 2.05) is 11.8 Å². The average Bonchev–Trinajstić information content (AvgIpc) is 2.41. The highest BCUT2D eigenvalue weighted by Gasteiger charge is 2.30. The summed E-state index contributed by atoms with van der Waals surface area (Å²) in [6.07, 6.45) is 2.88. The normalized spacial score (nSPS) is 18.4. The summed E-state index contributed by atoms with van der Waals surface area (Å²) in [6.45, 7) is 10.9. The van der Waals surface area contributed by atoms with Crippen molar-refractivity contribution < 1.29 is 14.7 Å². The Morgan fingerprint density at radius 2 is 1.86 bits per heavy atom. The van der Waals surface area contributed by atoms with Gasteiger partial charge in [0.15, 0.2) is 0 Å². The maximum atomic E-state index is 12.1. The molecule has 5 heteroatoms. The largest absolute Gasteiger partial charge is 0.481 e. The number of amides is 2. The number of likely N-dealkylation sites (tertiary alicyclic amines) is 1. The molecular weight excluding hydrogens is 268 g/mol. The van der Waals surface area contributed by atoms with E-state index in [0.717, 1.165) is 25.9 Å². The molecule has 2 amide bonds. The summed E-state index contributed by atoms with van der Waals surface area (Å²) < 4.78 is 0. The highest BCUT2D eigenvalue weighted by atomic mass is 16.4. The summed E-state index contributed by atoms with van der Waals surface area (Å²) in [4.78, 5) is 24.5. The standard InChI is InChI=1S/C16H30N2O3/c1-12(5-6-14(19)20)11-17-15(21)18-9-7-13(8-10-18)16(2,3)4/h12-13H,5-11H2,1-4H3,(H,17,21)(H,19,20). The molecule has 1 atom stereocenters. The van der Waals surface area contributed by atoms with Crippen LogP contribution in [-0.4, -0.2) is 41.6 Å². The van der Waals surface area contributed by atoms with Crippen LogP contribution in [0.5, 0.6) is 0 Å². The number of aliphatic carboxylic acids is 1. The van der Waals surface area contributed by atoms with E-state index in [1.165, 1.54) is 0 Å². The molecule has 0 aromatic heterocycles. The third kappa shape index (κ3) is 6.36. The van der Waals surface area contributed by atoms with Crippen LogP contribution in [0.2, 0.25) is 0 Å². The van der Waals surface area contributed by atoms with Crippen molar-refractivity contribution in [3.05, 3.63) is 0 Å². The predicted octanol–water partition coefficient (Wildman–Crippen LogP) is 2.96. The van der Waals surface area contributed by atoms with Crippen molar-refractivity contribution in [2.24, 2.45) is 17.3 Å². The Morgan fingerprint density at radius 1 is 1.29 bits per heavy atom. The second-order valence-electron chi connectivity index (χ2n) is 7.35. The first-order valence-corrected chi connectivity index (χ1v) is 7.94. The second-order valence-corrected chi connectivity index (χ2v) is 7.35. The van der Waals surface area contributed by atoms with Crippen molar-refractivity contribution in [1.82, 2.24) is 10.2 Å². The molecule has 0 radical (unpaired) electrons. The molecule has 0 bridgehead atoms. The van der Waals surface area contributed by atoms with E-state index in [-0.39, 0.29) is 18.4 Å². The number of carboxylic acids is 1. The monoisotopic (exact) mass is 298 g/mol. The zero-order chi connectivity index (χ0) is 16.0. The number of nitrogens with one attached hydrogen (secondary N) is 1. The van der Waals surface area contributed by atoms with Crippen molar-refractivity contribution in [2.45, 2.75) is 53.4 Å². The highest BCUT2D eigenvalue weighted by Crippen LogP contribution is 2.34. The third-order valence-corrected chi connectivity index (χ3v) is 4.46. The van der Waals surface area contributed by atoms with Crippen LogP contribution in [0.25, 0.3) is 0 Å². The van der Waals surface area contributed by atoms with Crippen LogP contribution < -0.4 is 5.32 Å². The van der Waals surface area contributed by atoms with Gasteiger partial charge in [-0.3, -0.25) is 4.79 Å². The van der Waals surface area contributed by atoms with Gasteiger partial charge in [-0.05, 0) is 36.5 Å². The summed E-state index contributed by atoms with van der Waals surface area (Å²) >= 11 is 0. The SMILES string of the molecule is CC(CCC(=O)O)CNC(=O)N1CCC(C(C)(C)C)CC1. The molecule has 21 heavy (non-hydrogen) atoms. The smallest absolute Gasteiger partial charge is 0.317 e. The van der Waals surface area contributed by atoms with Crippen LogP contribution >= 0.6 is 0 Å². The van der Waals surface area contributed by atoms with Gasteiger partial charge >= 0.3 is 12.0 Å². The molecule has 1 fully saturated rings. The zero-order valence-electron chi connectivity index (χ0n) is 13.8. The van der Waals surface area contributed by atoms with Crippen LogP contribution in [0.4, 0.5) is 4.79 Å². The van der Waals surface area contributed by atoms with E-state index in [9.17, 15) is 9.59 Å². The van der Waals surface area contributed by atoms with Crippen molar-refractivity contribution in [3.8, 4) is 0 Å². The van der Waals surface area contributed by atoms with Gasteiger partial charge in [0.05, 0.1) is 0 Å². The predicted molar refractivity (Wildman–Crippen MR) is 83.2 cm³/mol. The molecule has 122 valence electrons. The van der Waals surface area contributed by atoms with Crippen LogP contribution in [0.3, 0.4) is 0 Å². The Labute approximate surface area is 128 Å². The molecule has 1 aliphatic rings. The van der Waals surface area contributed by atoms with Gasteiger partial charge in [0, 0.05) is 26.1 Å². The van der Waals surface area contributed by atoms with E-state index in [4.69, 9.17) is 5.11 Å². The number of carboxylic acid groups (broad SMARTS) is 1. The molecule has 0 spiro atoms. The lowest BCUT2D eigenvalue weighted by atomic mass is 9.75. The van der Waals surface area contributed by atoms with Crippen molar-refractivity contribution in [2.75, 3.05) is 19.6 Å². The van der Waals surface area contributed by atoms with Crippen molar-refractivity contribution in [1.29, 1.82) is 0 Å². The molecule has 5 nitrogen and oxygen atoms in total. The number of piperidine rings is 1. The number of hydrogen-bond acceptors (Lipinski definition) is 2. The molecule has 0 aliphatic carbocycles. The Bertz CT molecular complexity index is 355. The topological polar surface area (TPSA) is 69.6 Å². The lowest BCUT2D eigenvalue weighted by Gasteiger charge is -2.38. The minimum atomic E-state index is -0.780. The number of hydrogen-bond donors (Lipinski definition) is 2. The fraction of sp³-hybridized carbons (Fsp3) is 0.875. The second kappa shape index (κ2) is 7.66. The summed E-state index contributed by atoms with van der Waals surface area (Å²) in [6, 6.07) is -0.00969. The van der Waals surface area contributed by atoms with E-state index in [1.54, 1.807) is 0 Å². The van der Waals surface area contributed by atoms with Gasteiger partial charge in [0.25, 0.3) is 0 Å². The quantitative estimate of drug-likeness (QED) is 0.820. The zero-order valence-corrected chi connectivity index (χ0v) is 13.8. The highest BCUT2D eigenvalue weighted by molar-refractivity contribution is 5.74. The van der Waals surface area contributed by atoms with E-state index in [0.29, 0.717) is 24.3 Å². The maximum Gasteiger partial charge on any atom is 0.317 e. The van der Waals surface area contributed by atoms with Gasteiger partial charge in [0.2, 0.25) is 0 Å². The van der Waals surface area contributed by atoms with Gasteiger partial charge in [-0.15, -0.1) is 0 Å². The first-order valence-electron chi connectivity index (χ1n) is 7.94. The minimum Gasteiger partial charge on any atom is -0.481 e. The molecule has 1 aliphatic heterocycles. The lowest BCUT2D eigenvalue weighted by Crippen LogP contribution is -2.47. The molecule has 1 heterocycles. The molecule has 0 saturated carbocycles. The Morgan fingerprint density at radius 3 is 2.33 bits per heavy atom. The van der Waals surface area contributed by atoms with Gasteiger partial charge in [-0.25, -0.2) is 4.79 Å². The fourth-order valence-corrected chi connectivity index (χ4v) is 2.79. The minimum absolute atomic E-state index is 0.00969. The number of carbonyl (C=O) groups excluding carboxylic acids is 1. The number of carbonyl (C=O) groups is 2. The molecule has 1 unspecified atom stereocenters. The van der Waals surface area contributed by atoms with E-state index in [2.05, 4.69) is 26.1 Å². The molecule has 1 saturated heterocycles. The summed E-state index contributed by atoms with van der Waals surface area (Å²) in [5, 5.41) is 11.6. The number of rotatable bonds is 5. The molecular formula is C16H30N2O3. The summed E-state index contributed by atoms with van der Waals surface area (Å²) in [7, 11) is 0. The lowest BCUT2D eigenvalue weighted by molar-refractivity contribution is -0.137. The molecule has 0 aromatic carbocycles. The van der Waals surface area contributed by atoms with E-state index < -0.39 is 5.97 Å². The Hall–Kier alpha value is -1.26. The van der Waals surface area contributed by atoms with Gasteiger partial charge in [0.1, 0.15) is 0 Å². The number of nitrogens with zero attached hydrogens (tertiary/aromatic N) is 1. The van der Waals surface area contributed by atoms with Gasteiger partial charge in [-0.2, -0.15) is 0 Å². The summed E-state index contributed by atoms with van der Waals surface area (Å²) in [5.74, 6) is 0.0885. The van der Waals surface area contributed by atoms with Crippen molar-refractivity contribution in [3.63, 3.8) is 0 Å². The van der Waals surface area contributed by atoms with Crippen LogP contribution in [0.1, 0.15) is 53.4 Å². The van der Waals surface area contributed by atoms with Crippen LogP contribution in [-0.2, 0) is 4.79 Å². The Balaban J connectivity index is 2.26. The van der Waals surface area contributed by atoms with Crippen molar-refractivity contribution >= 4 is 12.0 Å². The summed E-state index contributed by atoms with van der Waals surface area (Å²) in [5.41, 5.74) is 0.313. The average molecular weight is 298 g/mol. The maximum absolute atomic E-state index is 12.1. The van der Waals surface area contributed by atoms with Crippen LogP contribution in [0, 0.1) is 17.3 Å². The van der Waals surface area contributed by atoms with Gasteiger partial charge in [-0.1, -0.05) is 27.7 Å². The van der Waals surface area contributed by atoms with E-state index >= 15 is 0 Å². The fourth-order valence-electron chi connectivity index (χ4n) is 2.79. The third-order valence-electron chi connectivity index (χ3n) is 4.46. The molecule has 1 rings (SSSR count). The first-order chi connectivity index (χ1) is 9.70. The first kappa shape index (κ1) is 17.8. The molecule has 0 aromatic rings. The van der Waals surface area contributed by atoms with Crippen LogP contribution in [0.15, 0.2) is 0 Å². The number of urea groups is 1. The molecule has 2 N–H and O–H groups in total. The Kier molecular flexibility index (Phi) is 6.49. The van der Waals surface area contributed by atoms with Gasteiger partial charge < -0.3 is 15.3 Å².